The number of aromatic nitrogens is 2. The van der Waals surface area contributed by atoms with Crippen LogP contribution in [0, 0.1) is 0 Å². The van der Waals surface area contributed by atoms with E-state index in [9.17, 15) is 4.79 Å². The molecule has 1 aromatic heterocycles. The van der Waals surface area contributed by atoms with Crippen LogP contribution < -0.4 is 5.73 Å². The molecular formula is C14H16N4OS2. The van der Waals surface area contributed by atoms with Crippen molar-refractivity contribution in [3.05, 3.63) is 35.9 Å². The molecule has 7 heteroatoms. The minimum absolute atomic E-state index is 0.150. The molecule has 110 valence electrons. The van der Waals surface area contributed by atoms with E-state index in [0.717, 1.165) is 35.8 Å². The minimum Gasteiger partial charge on any atom is -0.374 e. The van der Waals surface area contributed by atoms with Gasteiger partial charge in [-0.15, -0.1) is 10.2 Å². The fraction of sp³-hybridized carbons (Fsp3) is 0.357. The normalized spacial score (nSPS) is 16.1. The number of anilines is 1. The Bertz CT molecular complexity index is 610. The van der Waals surface area contributed by atoms with E-state index in [1.165, 1.54) is 23.1 Å². The molecule has 1 aliphatic heterocycles. The summed E-state index contributed by atoms with van der Waals surface area (Å²) in [4.78, 5) is 14.7. The molecule has 0 bridgehead atoms. The summed E-state index contributed by atoms with van der Waals surface area (Å²) >= 11 is 2.75. The molecule has 5 nitrogen and oxygen atoms in total. The summed E-state index contributed by atoms with van der Waals surface area (Å²) in [5.41, 5.74) is 6.62. The van der Waals surface area contributed by atoms with E-state index >= 15 is 0 Å². The first kappa shape index (κ1) is 14.3. The highest BCUT2D eigenvalue weighted by molar-refractivity contribution is 8.01. The van der Waals surface area contributed by atoms with Crippen molar-refractivity contribution in [3.63, 3.8) is 0 Å². The number of amides is 1. The number of carbonyl (C=O) groups is 1. The number of nitrogens with two attached hydrogens (primary N) is 1. The van der Waals surface area contributed by atoms with Crippen LogP contribution in [0.25, 0.3) is 0 Å². The van der Waals surface area contributed by atoms with Crippen molar-refractivity contribution in [2.45, 2.75) is 22.4 Å². The summed E-state index contributed by atoms with van der Waals surface area (Å²) in [6.45, 7) is 1.70. The molecule has 1 aromatic carbocycles. The molecule has 0 aliphatic carbocycles. The fourth-order valence-corrected chi connectivity index (χ4v) is 4.27. The maximum atomic E-state index is 12.8. The second kappa shape index (κ2) is 6.44. The van der Waals surface area contributed by atoms with Crippen LogP contribution in [-0.2, 0) is 4.79 Å². The van der Waals surface area contributed by atoms with Gasteiger partial charge in [-0.1, -0.05) is 53.4 Å². The van der Waals surface area contributed by atoms with E-state index in [1.54, 1.807) is 0 Å². The first-order valence-corrected chi connectivity index (χ1v) is 8.53. The molecule has 1 saturated heterocycles. The van der Waals surface area contributed by atoms with Crippen LogP contribution in [0.1, 0.15) is 23.7 Å². The van der Waals surface area contributed by atoms with E-state index in [-0.39, 0.29) is 11.2 Å². The lowest BCUT2D eigenvalue weighted by atomic mass is 10.1. The van der Waals surface area contributed by atoms with Gasteiger partial charge < -0.3 is 10.6 Å². The molecule has 2 aromatic rings. The molecule has 1 amide bonds. The quantitative estimate of drug-likeness (QED) is 0.877. The van der Waals surface area contributed by atoms with Crippen LogP contribution in [0.3, 0.4) is 0 Å². The van der Waals surface area contributed by atoms with Gasteiger partial charge in [0.25, 0.3) is 0 Å². The Labute approximate surface area is 131 Å². The molecule has 0 radical (unpaired) electrons. The van der Waals surface area contributed by atoms with E-state index in [0.29, 0.717) is 5.13 Å². The van der Waals surface area contributed by atoms with Gasteiger partial charge in [0.05, 0.1) is 0 Å². The zero-order chi connectivity index (χ0) is 14.7. The monoisotopic (exact) mass is 320 g/mol. The number of thioether (sulfide) groups is 1. The van der Waals surface area contributed by atoms with Gasteiger partial charge in [-0.3, -0.25) is 4.79 Å². The van der Waals surface area contributed by atoms with Crippen molar-refractivity contribution in [2.24, 2.45) is 0 Å². The van der Waals surface area contributed by atoms with Crippen LogP contribution in [0.5, 0.6) is 0 Å². The highest BCUT2D eigenvalue weighted by Gasteiger charge is 2.29. The minimum atomic E-state index is -0.281. The van der Waals surface area contributed by atoms with Crippen LogP contribution in [0.4, 0.5) is 5.13 Å². The molecule has 2 heterocycles. The van der Waals surface area contributed by atoms with Gasteiger partial charge >= 0.3 is 0 Å². The van der Waals surface area contributed by atoms with Gasteiger partial charge in [0.2, 0.25) is 11.0 Å². The highest BCUT2D eigenvalue weighted by Crippen LogP contribution is 2.39. The molecule has 1 aliphatic rings. The van der Waals surface area contributed by atoms with E-state index in [2.05, 4.69) is 10.2 Å². The van der Waals surface area contributed by atoms with E-state index < -0.39 is 0 Å². The predicted octanol–water partition coefficient (Wildman–Crippen LogP) is 2.58. The number of hydrogen-bond donors (Lipinski definition) is 1. The SMILES string of the molecule is Nc1nnc(S[C@H](C(=O)N2CCCC2)c2ccccc2)s1. The molecule has 21 heavy (non-hydrogen) atoms. The third-order valence-electron chi connectivity index (χ3n) is 3.39. The van der Waals surface area contributed by atoms with Crippen LogP contribution in [0.2, 0.25) is 0 Å². The average Bonchev–Trinajstić information content (AvgIpc) is 3.16. The molecule has 2 N–H and O–H groups in total. The van der Waals surface area contributed by atoms with Crippen LogP contribution >= 0.6 is 23.1 Å². The molecule has 1 atom stereocenters. The lowest BCUT2D eigenvalue weighted by molar-refractivity contribution is -0.129. The molecule has 0 spiro atoms. The molecule has 3 rings (SSSR count). The number of likely N-dealkylation sites (tertiary alicyclic amines) is 1. The van der Waals surface area contributed by atoms with Gasteiger partial charge in [-0.25, -0.2) is 0 Å². The van der Waals surface area contributed by atoms with Crippen molar-refractivity contribution in [2.75, 3.05) is 18.8 Å². The van der Waals surface area contributed by atoms with Crippen molar-refractivity contribution in [1.82, 2.24) is 15.1 Å². The van der Waals surface area contributed by atoms with Crippen molar-refractivity contribution >= 4 is 34.1 Å². The Morgan fingerprint density at radius 3 is 2.57 bits per heavy atom. The Morgan fingerprint density at radius 2 is 1.95 bits per heavy atom. The van der Waals surface area contributed by atoms with Crippen molar-refractivity contribution in [1.29, 1.82) is 0 Å². The summed E-state index contributed by atoms with van der Waals surface area (Å²) in [5.74, 6) is 0.150. The van der Waals surface area contributed by atoms with Gasteiger partial charge in [0.15, 0.2) is 4.34 Å². The molecule has 0 saturated carbocycles. The summed E-state index contributed by atoms with van der Waals surface area (Å²) in [7, 11) is 0. The first-order chi connectivity index (χ1) is 10.2. The van der Waals surface area contributed by atoms with Crippen molar-refractivity contribution < 1.29 is 4.79 Å². The topological polar surface area (TPSA) is 72.1 Å². The Balaban J connectivity index is 1.85. The number of nitrogen functional groups attached to an aromatic ring is 1. The molecular weight excluding hydrogens is 304 g/mol. The third kappa shape index (κ3) is 3.36. The maximum absolute atomic E-state index is 12.8. The smallest absolute Gasteiger partial charge is 0.240 e. The van der Waals surface area contributed by atoms with Crippen molar-refractivity contribution in [3.8, 4) is 0 Å². The number of benzene rings is 1. The molecule has 1 fully saturated rings. The lowest BCUT2D eigenvalue weighted by Crippen LogP contribution is -2.31. The van der Waals surface area contributed by atoms with Gasteiger partial charge in [0.1, 0.15) is 5.25 Å². The maximum Gasteiger partial charge on any atom is 0.240 e. The third-order valence-corrected chi connectivity index (χ3v) is 5.46. The Hall–Kier alpha value is -1.60. The summed E-state index contributed by atoms with van der Waals surface area (Å²) < 4.78 is 0.730. The Morgan fingerprint density at radius 1 is 1.24 bits per heavy atom. The van der Waals surface area contributed by atoms with Gasteiger partial charge in [0, 0.05) is 13.1 Å². The molecule has 0 unspecified atom stereocenters. The fourth-order valence-electron chi connectivity index (χ4n) is 2.36. The number of hydrogen-bond acceptors (Lipinski definition) is 6. The van der Waals surface area contributed by atoms with Gasteiger partial charge in [-0.05, 0) is 18.4 Å². The highest BCUT2D eigenvalue weighted by atomic mass is 32.2. The van der Waals surface area contributed by atoms with Crippen LogP contribution in [-0.4, -0.2) is 34.1 Å². The number of rotatable bonds is 4. The zero-order valence-corrected chi connectivity index (χ0v) is 13.1. The Kier molecular flexibility index (Phi) is 4.40. The number of carbonyl (C=O) groups excluding carboxylic acids is 1. The number of nitrogens with zero attached hydrogens (tertiary/aromatic N) is 3. The second-order valence-electron chi connectivity index (χ2n) is 4.85. The zero-order valence-electron chi connectivity index (χ0n) is 11.4. The predicted molar refractivity (Wildman–Crippen MR) is 85.2 cm³/mol. The summed E-state index contributed by atoms with van der Waals surface area (Å²) in [6, 6.07) is 9.82. The van der Waals surface area contributed by atoms with E-state index in [4.69, 9.17) is 5.73 Å². The lowest BCUT2D eigenvalue weighted by Gasteiger charge is -2.22. The van der Waals surface area contributed by atoms with Gasteiger partial charge in [-0.2, -0.15) is 0 Å². The summed E-state index contributed by atoms with van der Waals surface area (Å²) in [5, 5.41) is 7.99. The second-order valence-corrected chi connectivity index (χ2v) is 7.21. The average molecular weight is 320 g/mol. The van der Waals surface area contributed by atoms with Crippen LogP contribution in [0.15, 0.2) is 34.7 Å². The largest absolute Gasteiger partial charge is 0.374 e. The summed E-state index contributed by atoms with van der Waals surface area (Å²) in [6.07, 6.45) is 2.17. The standard InChI is InChI=1S/C14H16N4OS2/c15-13-16-17-14(21-13)20-11(10-6-2-1-3-7-10)12(19)18-8-4-5-9-18/h1-3,6-7,11H,4-5,8-9H2,(H2,15,16)/t11-/m0/s1. The van der Waals surface area contributed by atoms with E-state index in [1.807, 2.05) is 35.2 Å². The first-order valence-electron chi connectivity index (χ1n) is 6.83.